The van der Waals surface area contributed by atoms with Gasteiger partial charge in [0.25, 0.3) is 11.5 Å². The number of carbonyl (C=O) groups excluding carboxylic acids is 1. The Balaban J connectivity index is 1.38. The minimum absolute atomic E-state index is 0.00756. The summed E-state index contributed by atoms with van der Waals surface area (Å²) in [6, 6.07) is 20.2. The molecule has 2 aliphatic rings. The second kappa shape index (κ2) is 10.3. The van der Waals surface area contributed by atoms with E-state index in [2.05, 4.69) is 16.5 Å². The summed E-state index contributed by atoms with van der Waals surface area (Å²) < 4.78 is 7.50. The van der Waals surface area contributed by atoms with Crippen molar-refractivity contribution in [3.8, 4) is 17.2 Å². The van der Waals surface area contributed by atoms with Crippen LogP contribution >= 0.6 is 11.6 Å². The Labute approximate surface area is 225 Å². The number of rotatable bonds is 6. The van der Waals surface area contributed by atoms with Crippen molar-refractivity contribution >= 4 is 28.9 Å². The number of nitrogens with one attached hydrogen (secondary N) is 1. The highest BCUT2D eigenvalue weighted by atomic mass is 35.5. The molecule has 4 aromatic rings. The number of amides is 1. The molecule has 3 aromatic carbocycles. The molecule has 0 spiro atoms. The predicted octanol–water partition coefficient (Wildman–Crippen LogP) is 6.15. The Morgan fingerprint density at radius 2 is 1.74 bits per heavy atom. The Bertz CT molecular complexity index is 1580. The van der Waals surface area contributed by atoms with E-state index in [0.29, 0.717) is 33.5 Å². The maximum Gasteiger partial charge on any atom is 0.299 e. The molecule has 6 rings (SSSR count). The SMILES string of the molecule is O=C(c1cccc(Nc2c(Oc3ccc4c(c3)CCC4)cnn(-c3cccc(Cl)c3)c2=O)c1)N1CCCC1. The van der Waals surface area contributed by atoms with Crippen molar-refractivity contribution in [1.82, 2.24) is 14.7 Å². The normalized spacial score (nSPS) is 14.4. The van der Waals surface area contributed by atoms with Crippen molar-refractivity contribution in [2.45, 2.75) is 32.1 Å². The number of nitrogens with zero attached hydrogens (tertiary/aromatic N) is 3. The van der Waals surface area contributed by atoms with Gasteiger partial charge in [0, 0.05) is 29.4 Å². The van der Waals surface area contributed by atoms with Crippen molar-refractivity contribution in [3.05, 3.63) is 105 Å². The van der Waals surface area contributed by atoms with Crippen molar-refractivity contribution in [1.29, 1.82) is 0 Å². The number of fused-ring (bicyclic) bond motifs is 1. The summed E-state index contributed by atoms with van der Waals surface area (Å²) in [7, 11) is 0. The third kappa shape index (κ3) is 4.89. The number of carbonyl (C=O) groups is 1. The lowest BCUT2D eigenvalue weighted by molar-refractivity contribution is 0.0793. The predicted molar refractivity (Wildman–Crippen MR) is 148 cm³/mol. The van der Waals surface area contributed by atoms with E-state index in [1.807, 2.05) is 29.2 Å². The molecule has 192 valence electrons. The van der Waals surface area contributed by atoms with Crippen LogP contribution in [0.25, 0.3) is 5.69 Å². The number of ether oxygens (including phenoxy) is 1. The van der Waals surface area contributed by atoms with Crippen molar-refractivity contribution in [3.63, 3.8) is 0 Å². The van der Waals surface area contributed by atoms with E-state index < -0.39 is 5.56 Å². The van der Waals surface area contributed by atoms with E-state index in [9.17, 15) is 9.59 Å². The smallest absolute Gasteiger partial charge is 0.299 e. The summed E-state index contributed by atoms with van der Waals surface area (Å²) in [5.74, 6) is 0.933. The van der Waals surface area contributed by atoms with Crippen LogP contribution in [0.4, 0.5) is 11.4 Å². The van der Waals surface area contributed by atoms with Crippen molar-refractivity contribution in [2.24, 2.45) is 0 Å². The third-order valence-corrected chi connectivity index (χ3v) is 7.30. The molecule has 38 heavy (non-hydrogen) atoms. The van der Waals surface area contributed by atoms with Gasteiger partial charge in [-0.2, -0.15) is 9.78 Å². The quantitative estimate of drug-likeness (QED) is 0.326. The molecule has 1 saturated heterocycles. The molecule has 0 saturated carbocycles. The van der Waals surface area contributed by atoms with Crippen LogP contribution in [0.5, 0.6) is 11.5 Å². The Kier molecular flexibility index (Phi) is 6.60. The number of likely N-dealkylation sites (tertiary alicyclic amines) is 1. The summed E-state index contributed by atoms with van der Waals surface area (Å²) in [5.41, 5.74) is 4.13. The first kappa shape index (κ1) is 24.2. The Hall–Kier alpha value is -4.10. The van der Waals surface area contributed by atoms with Gasteiger partial charge in [-0.15, -0.1) is 0 Å². The second-order valence-electron chi connectivity index (χ2n) is 9.67. The van der Waals surface area contributed by atoms with Crippen molar-refractivity contribution < 1.29 is 9.53 Å². The molecule has 0 atom stereocenters. The summed E-state index contributed by atoms with van der Waals surface area (Å²) in [6.07, 6.45) is 6.79. The highest BCUT2D eigenvalue weighted by Gasteiger charge is 2.21. The summed E-state index contributed by atoms with van der Waals surface area (Å²) >= 11 is 6.18. The fourth-order valence-electron chi connectivity index (χ4n) is 5.14. The van der Waals surface area contributed by atoms with E-state index >= 15 is 0 Å². The number of anilines is 2. The number of halogens is 1. The van der Waals surface area contributed by atoms with Crippen LogP contribution in [-0.2, 0) is 12.8 Å². The van der Waals surface area contributed by atoms with Gasteiger partial charge in [0.15, 0.2) is 11.4 Å². The van der Waals surface area contributed by atoms with Crippen LogP contribution in [0.2, 0.25) is 5.02 Å². The highest BCUT2D eigenvalue weighted by Crippen LogP contribution is 2.32. The average Bonchev–Trinajstić information content (AvgIpc) is 3.63. The lowest BCUT2D eigenvalue weighted by Gasteiger charge is -2.17. The molecule has 1 aliphatic heterocycles. The van der Waals surface area contributed by atoms with E-state index in [1.54, 1.807) is 36.4 Å². The zero-order chi connectivity index (χ0) is 26.1. The topological polar surface area (TPSA) is 76.5 Å². The first-order valence-corrected chi connectivity index (χ1v) is 13.3. The van der Waals surface area contributed by atoms with Crippen molar-refractivity contribution in [2.75, 3.05) is 18.4 Å². The molecule has 7 nitrogen and oxygen atoms in total. The first-order chi connectivity index (χ1) is 18.5. The molecular weight excluding hydrogens is 500 g/mol. The fraction of sp³-hybridized carbons (Fsp3) is 0.233. The Morgan fingerprint density at radius 3 is 2.58 bits per heavy atom. The lowest BCUT2D eigenvalue weighted by Crippen LogP contribution is -2.27. The van der Waals surface area contributed by atoms with E-state index in [4.69, 9.17) is 16.3 Å². The molecular formula is C30H27ClN4O3. The van der Waals surface area contributed by atoms with Gasteiger partial charge in [0.1, 0.15) is 5.75 Å². The summed E-state index contributed by atoms with van der Waals surface area (Å²) in [6.45, 7) is 1.54. The van der Waals surface area contributed by atoms with Gasteiger partial charge in [-0.1, -0.05) is 29.8 Å². The first-order valence-electron chi connectivity index (χ1n) is 12.9. The number of benzene rings is 3. The van der Waals surface area contributed by atoms with Gasteiger partial charge >= 0.3 is 0 Å². The van der Waals surface area contributed by atoms with Crippen LogP contribution in [0.1, 0.15) is 40.7 Å². The molecule has 1 N–H and O–H groups in total. The molecule has 0 radical (unpaired) electrons. The van der Waals surface area contributed by atoms with Gasteiger partial charge in [-0.25, -0.2) is 0 Å². The molecule has 1 amide bonds. The van der Waals surface area contributed by atoms with Crippen LogP contribution in [0, 0.1) is 0 Å². The highest BCUT2D eigenvalue weighted by molar-refractivity contribution is 6.30. The van der Waals surface area contributed by atoms with Crippen LogP contribution in [-0.4, -0.2) is 33.7 Å². The van der Waals surface area contributed by atoms with Gasteiger partial charge in [0.2, 0.25) is 0 Å². The largest absolute Gasteiger partial charge is 0.453 e. The van der Waals surface area contributed by atoms with E-state index in [1.165, 1.54) is 22.0 Å². The molecule has 2 heterocycles. The maximum atomic E-state index is 13.8. The van der Waals surface area contributed by atoms with Crippen LogP contribution in [0.3, 0.4) is 0 Å². The van der Waals surface area contributed by atoms with Crippen LogP contribution in [0.15, 0.2) is 77.7 Å². The minimum atomic E-state index is -0.401. The van der Waals surface area contributed by atoms with E-state index in [-0.39, 0.29) is 11.6 Å². The molecule has 0 unspecified atom stereocenters. The number of aromatic nitrogens is 2. The maximum absolute atomic E-state index is 13.8. The Morgan fingerprint density at radius 1 is 0.921 bits per heavy atom. The van der Waals surface area contributed by atoms with Gasteiger partial charge in [-0.3, -0.25) is 9.59 Å². The van der Waals surface area contributed by atoms with Gasteiger partial charge in [0.05, 0.1) is 11.9 Å². The molecule has 0 bridgehead atoms. The molecule has 1 aliphatic carbocycles. The fourth-order valence-corrected chi connectivity index (χ4v) is 5.32. The molecule has 1 fully saturated rings. The standard InChI is InChI=1S/C30H27ClN4O3/c31-23-9-5-11-25(18-23)35-30(37)28(27(19-32-35)38-26-13-12-20-6-3-7-21(20)17-26)33-24-10-4-8-22(16-24)29(36)34-14-1-2-15-34/h4-5,8-13,16-19,33H,1-3,6-7,14-15H2. The summed E-state index contributed by atoms with van der Waals surface area (Å²) in [4.78, 5) is 28.6. The van der Waals surface area contributed by atoms with Gasteiger partial charge < -0.3 is 15.0 Å². The zero-order valence-corrected chi connectivity index (χ0v) is 21.6. The number of aryl methyl sites for hydroxylation is 2. The average molecular weight is 527 g/mol. The number of hydrogen-bond acceptors (Lipinski definition) is 5. The lowest BCUT2D eigenvalue weighted by atomic mass is 10.1. The zero-order valence-electron chi connectivity index (χ0n) is 20.8. The third-order valence-electron chi connectivity index (χ3n) is 7.07. The number of hydrogen-bond donors (Lipinski definition) is 1. The molecule has 8 heteroatoms. The van der Waals surface area contributed by atoms with Gasteiger partial charge in [-0.05, 0) is 91.8 Å². The second-order valence-corrected chi connectivity index (χ2v) is 10.1. The summed E-state index contributed by atoms with van der Waals surface area (Å²) in [5, 5.41) is 8.10. The molecule has 1 aromatic heterocycles. The monoisotopic (exact) mass is 526 g/mol. The van der Waals surface area contributed by atoms with Crippen LogP contribution < -0.4 is 15.6 Å². The minimum Gasteiger partial charge on any atom is -0.453 e. The van der Waals surface area contributed by atoms with E-state index in [0.717, 1.165) is 45.2 Å².